The van der Waals surface area contributed by atoms with Crippen LogP contribution in [0.25, 0.3) is 0 Å². The molecule has 0 radical (unpaired) electrons. The molecule has 0 aliphatic carbocycles. The van der Waals surface area contributed by atoms with Crippen molar-refractivity contribution in [1.29, 1.82) is 0 Å². The summed E-state index contributed by atoms with van der Waals surface area (Å²) in [4.78, 5) is 7.09. The van der Waals surface area contributed by atoms with Crippen molar-refractivity contribution in [2.24, 2.45) is 5.41 Å². The first-order chi connectivity index (χ1) is 9.30. The number of rotatable bonds is 4. The van der Waals surface area contributed by atoms with E-state index in [-0.39, 0.29) is 0 Å². The maximum absolute atomic E-state index is 5.46. The van der Waals surface area contributed by atoms with Crippen LogP contribution in [-0.4, -0.2) is 42.7 Å². The summed E-state index contributed by atoms with van der Waals surface area (Å²) in [5, 5.41) is 3.50. The van der Waals surface area contributed by atoms with Gasteiger partial charge in [0, 0.05) is 25.7 Å². The Balaban J connectivity index is 1.61. The van der Waals surface area contributed by atoms with Crippen molar-refractivity contribution in [1.82, 2.24) is 15.2 Å². The number of ether oxygens (including phenoxy) is 1. The van der Waals surface area contributed by atoms with Crippen LogP contribution >= 0.6 is 0 Å². The molecule has 2 fully saturated rings. The van der Waals surface area contributed by atoms with E-state index in [1.54, 1.807) is 0 Å². The standard InChI is InChI=1S/C15H23N3O/c1-2-19-14-5-3-4-13(17-14)10-18-9-7-15(12-18)6-8-16-11-15/h3-5,16H,2,6-12H2,1H3. The highest BCUT2D eigenvalue weighted by atomic mass is 16.5. The van der Waals surface area contributed by atoms with E-state index in [0.29, 0.717) is 12.0 Å². The summed E-state index contributed by atoms with van der Waals surface area (Å²) in [7, 11) is 0. The summed E-state index contributed by atoms with van der Waals surface area (Å²) < 4.78 is 5.46. The molecule has 1 atom stereocenters. The maximum atomic E-state index is 5.46. The molecule has 1 spiro atoms. The zero-order chi connectivity index (χ0) is 13.1. The number of nitrogens with one attached hydrogen (secondary N) is 1. The zero-order valence-corrected chi connectivity index (χ0v) is 11.7. The fourth-order valence-electron chi connectivity index (χ4n) is 3.31. The van der Waals surface area contributed by atoms with Gasteiger partial charge in [0.1, 0.15) is 0 Å². The van der Waals surface area contributed by atoms with Crippen molar-refractivity contribution in [2.75, 3.05) is 32.8 Å². The lowest BCUT2D eigenvalue weighted by Gasteiger charge is -2.22. The van der Waals surface area contributed by atoms with Crippen LogP contribution in [0.4, 0.5) is 0 Å². The topological polar surface area (TPSA) is 37.4 Å². The van der Waals surface area contributed by atoms with Gasteiger partial charge in [0.2, 0.25) is 5.88 Å². The van der Waals surface area contributed by atoms with Gasteiger partial charge in [-0.15, -0.1) is 0 Å². The molecule has 2 aliphatic heterocycles. The fraction of sp³-hybridized carbons (Fsp3) is 0.667. The van der Waals surface area contributed by atoms with E-state index in [9.17, 15) is 0 Å². The minimum atomic E-state index is 0.539. The Morgan fingerprint density at radius 1 is 1.42 bits per heavy atom. The molecule has 0 amide bonds. The van der Waals surface area contributed by atoms with Crippen LogP contribution in [0.5, 0.6) is 5.88 Å². The van der Waals surface area contributed by atoms with E-state index in [2.05, 4.69) is 21.3 Å². The van der Waals surface area contributed by atoms with E-state index < -0.39 is 0 Å². The Bertz CT molecular complexity index is 429. The van der Waals surface area contributed by atoms with E-state index in [4.69, 9.17) is 4.74 Å². The van der Waals surface area contributed by atoms with Crippen molar-refractivity contribution in [3.63, 3.8) is 0 Å². The molecule has 2 aliphatic rings. The minimum absolute atomic E-state index is 0.539. The number of hydrogen-bond donors (Lipinski definition) is 1. The first kappa shape index (κ1) is 12.9. The molecule has 1 unspecified atom stereocenters. The number of nitrogens with zero attached hydrogens (tertiary/aromatic N) is 2. The molecule has 3 rings (SSSR count). The molecule has 2 saturated heterocycles. The van der Waals surface area contributed by atoms with Gasteiger partial charge in [-0.3, -0.25) is 4.90 Å². The molecule has 19 heavy (non-hydrogen) atoms. The number of hydrogen-bond acceptors (Lipinski definition) is 4. The molecule has 0 saturated carbocycles. The molecule has 104 valence electrons. The van der Waals surface area contributed by atoms with Crippen molar-refractivity contribution < 1.29 is 4.74 Å². The molecular formula is C15H23N3O. The lowest BCUT2D eigenvalue weighted by atomic mass is 9.87. The van der Waals surface area contributed by atoms with Gasteiger partial charge < -0.3 is 10.1 Å². The SMILES string of the molecule is CCOc1cccc(CN2CCC3(CCNC3)C2)n1. The van der Waals surface area contributed by atoms with Gasteiger partial charge in [-0.2, -0.15) is 0 Å². The van der Waals surface area contributed by atoms with Gasteiger partial charge in [0.15, 0.2) is 0 Å². The zero-order valence-electron chi connectivity index (χ0n) is 11.7. The van der Waals surface area contributed by atoms with Gasteiger partial charge in [-0.1, -0.05) is 6.07 Å². The van der Waals surface area contributed by atoms with Crippen LogP contribution in [0.15, 0.2) is 18.2 Å². The quantitative estimate of drug-likeness (QED) is 0.894. The average Bonchev–Trinajstić information content (AvgIpc) is 3.02. The van der Waals surface area contributed by atoms with Gasteiger partial charge in [0.25, 0.3) is 0 Å². The Labute approximate surface area is 115 Å². The van der Waals surface area contributed by atoms with Crippen LogP contribution in [0.3, 0.4) is 0 Å². The van der Waals surface area contributed by atoms with E-state index in [1.165, 1.54) is 39.0 Å². The molecule has 1 aromatic heterocycles. The van der Waals surface area contributed by atoms with Gasteiger partial charge >= 0.3 is 0 Å². The first-order valence-electron chi connectivity index (χ1n) is 7.31. The molecule has 1 aromatic rings. The third kappa shape index (κ3) is 2.90. The summed E-state index contributed by atoms with van der Waals surface area (Å²) in [6.45, 7) is 8.40. The Kier molecular flexibility index (Phi) is 3.71. The monoisotopic (exact) mass is 261 g/mol. The third-order valence-corrected chi connectivity index (χ3v) is 4.31. The van der Waals surface area contributed by atoms with Gasteiger partial charge in [-0.25, -0.2) is 4.98 Å². The summed E-state index contributed by atoms with van der Waals surface area (Å²) in [6, 6.07) is 6.07. The molecule has 1 N–H and O–H groups in total. The predicted octanol–water partition coefficient (Wildman–Crippen LogP) is 1.67. The highest BCUT2D eigenvalue weighted by Gasteiger charge is 2.40. The molecule has 0 aromatic carbocycles. The summed E-state index contributed by atoms with van der Waals surface area (Å²) >= 11 is 0. The lowest BCUT2D eigenvalue weighted by molar-refractivity contribution is 0.264. The second-order valence-electron chi connectivity index (χ2n) is 5.79. The van der Waals surface area contributed by atoms with E-state index in [1.807, 2.05) is 19.1 Å². The van der Waals surface area contributed by atoms with Crippen molar-refractivity contribution in [2.45, 2.75) is 26.3 Å². The van der Waals surface area contributed by atoms with Crippen molar-refractivity contribution >= 4 is 0 Å². The molecule has 0 bridgehead atoms. The van der Waals surface area contributed by atoms with E-state index in [0.717, 1.165) is 18.1 Å². The smallest absolute Gasteiger partial charge is 0.213 e. The van der Waals surface area contributed by atoms with E-state index >= 15 is 0 Å². The largest absolute Gasteiger partial charge is 0.478 e. The second-order valence-corrected chi connectivity index (χ2v) is 5.79. The third-order valence-electron chi connectivity index (χ3n) is 4.31. The highest BCUT2D eigenvalue weighted by molar-refractivity contribution is 5.16. The maximum Gasteiger partial charge on any atom is 0.213 e. The summed E-state index contributed by atoms with van der Waals surface area (Å²) in [5.41, 5.74) is 1.66. The Morgan fingerprint density at radius 2 is 2.37 bits per heavy atom. The average molecular weight is 261 g/mol. The van der Waals surface area contributed by atoms with Crippen LogP contribution < -0.4 is 10.1 Å². The van der Waals surface area contributed by atoms with Crippen LogP contribution in [0.1, 0.15) is 25.5 Å². The van der Waals surface area contributed by atoms with Crippen molar-refractivity contribution in [3.05, 3.63) is 23.9 Å². The lowest BCUT2D eigenvalue weighted by Crippen LogP contribution is -2.29. The highest BCUT2D eigenvalue weighted by Crippen LogP contribution is 2.36. The fourth-order valence-corrected chi connectivity index (χ4v) is 3.31. The minimum Gasteiger partial charge on any atom is -0.478 e. The number of aromatic nitrogens is 1. The van der Waals surface area contributed by atoms with Gasteiger partial charge in [0.05, 0.1) is 12.3 Å². The normalized spacial score (nSPS) is 27.2. The predicted molar refractivity (Wildman–Crippen MR) is 75.2 cm³/mol. The van der Waals surface area contributed by atoms with Crippen LogP contribution in [-0.2, 0) is 6.54 Å². The van der Waals surface area contributed by atoms with Crippen molar-refractivity contribution in [3.8, 4) is 5.88 Å². The molecule has 4 nitrogen and oxygen atoms in total. The molecular weight excluding hydrogens is 238 g/mol. The second kappa shape index (κ2) is 5.47. The summed E-state index contributed by atoms with van der Waals surface area (Å²) in [6.07, 6.45) is 2.65. The number of likely N-dealkylation sites (tertiary alicyclic amines) is 1. The Hall–Kier alpha value is -1.13. The van der Waals surface area contributed by atoms with Gasteiger partial charge in [-0.05, 0) is 44.3 Å². The first-order valence-corrected chi connectivity index (χ1v) is 7.31. The molecule has 4 heteroatoms. The van der Waals surface area contributed by atoms with Crippen LogP contribution in [0, 0.1) is 5.41 Å². The summed E-state index contributed by atoms with van der Waals surface area (Å²) in [5.74, 6) is 0.747. The Morgan fingerprint density at radius 3 is 3.16 bits per heavy atom. The molecule has 3 heterocycles. The number of pyridine rings is 1. The van der Waals surface area contributed by atoms with Crippen LogP contribution in [0.2, 0.25) is 0 Å².